The maximum absolute atomic E-state index is 11.9. The van der Waals surface area contributed by atoms with Crippen molar-refractivity contribution in [2.45, 2.75) is 32.7 Å². The minimum atomic E-state index is 0.192. The Morgan fingerprint density at radius 2 is 2.35 bits per heavy atom. The topological polar surface area (TPSA) is 47.8 Å². The lowest BCUT2D eigenvalue weighted by molar-refractivity contribution is -0.117. The molecule has 0 radical (unpaired) electrons. The molecular formula is C12H15N3OS. The number of Topliss-reactive ketones (excluding diaryl/α,β-unsaturated/α-hetero) is 1. The van der Waals surface area contributed by atoms with Gasteiger partial charge in [0.2, 0.25) is 0 Å². The van der Waals surface area contributed by atoms with Gasteiger partial charge in [0.1, 0.15) is 17.9 Å². The first kappa shape index (κ1) is 12.0. The van der Waals surface area contributed by atoms with Gasteiger partial charge in [0, 0.05) is 17.8 Å². The lowest BCUT2D eigenvalue weighted by Crippen LogP contribution is -2.12. The van der Waals surface area contributed by atoms with E-state index in [4.69, 9.17) is 0 Å². The predicted octanol–water partition coefficient (Wildman–Crippen LogP) is 2.10. The van der Waals surface area contributed by atoms with Gasteiger partial charge in [-0.25, -0.2) is 9.67 Å². The third-order valence-electron chi connectivity index (χ3n) is 2.44. The van der Waals surface area contributed by atoms with Gasteiger partial charge in [-0.2, -0.15) is 5.10 Å². The summed E-state index contributed by atoms with van der Waals surface area (Å²) in [5.74, 6) is 0.964. The Morgan fingerprint density at radius 1 is 1.47 bits per heavy atom. The predicted molar refractivity (Wildman–Crippen MR) is 67.0 cm³/mol. The second-order valence-corrected chi connectivity index (χ2v) is 4.90. The summed E-state index contributed by atoms with van der Waals surface area (Å²) < 4.78 is 1.81. The van der Waals surface area contributed by atoms with Crippen molar-refractivity contribution in [2.75, 3.05) is 0 Å². The summed E-state index contributed by atoms with van der Waals surface area (Å²) in [6, 6.07) is 3.95. The minimum Gasteiger partial charge on any atom is -0.299 e. The summed E-state index contributed by atoms with van der Waals surface area (Å²) in [7, 11) is 0. The quantitative estimate of drug-likeness (QED) is 0.787. The van der Waals surface area contributed by atoms with E-state index in [-0.39, 0.29) is 5.78 Å². The summed E-state index contributed by atoms with van der Waals surface area (Å²) in [6.07, 6.45) is 3.38. The fourth-order valence-corrected chi connectivity index (χ4v) is 2.40. The number of nitrogens with zero attached hydrogens (tertiary/aromatic N) is 3. The number of thiophene rings is 1. The molecule has 2 aromatic heterocycles. The van der Waals surface area contributed by atoms with E-state index >= 15 is 0 Å². The van der Waals surface area contributed by atoms with E-state index in [0.717, 1.165) is 23.7 Å². The molecule has 2 aromatic rings. The van der Waals surface area contributed by atoms with E-state index in [9.17, 15) is 4.79 Å². The first-order valence-electron chi connectivity index (χ1n) is 5.70. The summed E-state index contributed by atoms with van der Waals surface area (Å²) in [5, 5.41) is 6.10. The number of hydrogen-bond donors (Lipinski definition) is 0. The highest BCUT2D eigenvalue weighted by atomic mass is 32.1. The molecule has 5 heteroatoms. The van der Waals surface area contributed by atoms with Crippen LogP contribution in [-0.4, -0.2) is 20.5 Å². The van der Waals surface area contributed by atoms with Crippen LogP contribution in [0.25, 0.3) is 0 Å². The Kier molecular flexibility index (Phi) is 4.03. The Bertz CT molecular complexity index is 476. The largest absolute Gasteiger partial charge is 0.299 e. The minimum absolute atomic E-state index is 0.192. The number of rotatable bonds is 6. The first-order chi connectivity index (χ1) is 8.29. The molecule has 0 N–H and O–H groups in total. The van der Waals surface area contributed by atoms with Gasteiger partial charge in [0.25, 0.3) is 0 Å². The molecule has 0 aromatic carbocycles. The highest BCUT2D eigenvalue weighted by Crippen LogP contribution is 2.10. The van der Waals surface area contributed by atoms with Gasteiger partial charge in [0.15, 0.2) is 0 Å². The van der Waals surface area contributed by atoms with Crippen LogP contribution < -0.4 is 0 Å². The molecule has 0 saturated carbocycles. The molecule has 0 unspecified atom stereocenters. The zero-order valence-corrected chi connectivity index (χ0v) is 10.6. The van der Waals surface area contributed by atoms with Gasteiger partial charge in [-0.05, 0) is 17.9 Å². The van der Waals surface area contributed by atoms with Crippen molar-refractivity contribution in [3.8, 4) is 0 Å². The van der Waals surface area contributed by atoms with E-state index < -0.39 is 0 Å². The lowest BCUT2D eigenvalue weighted by Gasteiger charge is -2.03. The third kappa shape index (κ3) is 3.23. The molecule has 0 amide bonds. The smallest absolute Gasteiger partial charge is 0.145 e. The maximum atomic E-state index is 11.9. The summed E-state index contributed by atoms with van der Waals surface area (Å²) in [5.41, 5.74) is 0. The summed E-state index contributed by atoms with van der Waals surface area (Å²) in [6.45, 7) is 2.90. The van der Waals surface area contributed by atoms with Gasteiger partial charge in [-0.15, -0.1) is 11.3 Å². The molecule has 0 saturated heterocycles. The summed E-state index contributed by atoms with van der Waals surface area (Å²) in [4.78, 5) is 17.1. The van der Waals surface area contributed by atoms with Crippen molar-refractivity contribution in [3.05, 3.63) is 34.5 Å². The number of carbonyl (C=O) groups is 1. The number of aryl methyl sites for hydroxylation is 1. The molecule has 17 heavy (non-hydrogen) atoms. The molecule has 0 aliphatic rings. The van der Waals surface area contributed by atoms with E-state index in [1.807, 2.05) is 22.2 Å². The van der Waals surface area contributed by atoms with Crippen LogP contribution in [0.15, 0.2) is 23.8 Å². The molecule has 0 spiro atoms. The van der Waals surface area contributed by atoms with Crippen molar-refractivity contribution < 1.29 is 4.79 Å². The molecule has 0 atom stereocenters. The molecule has 0 aliphatic heterocycles. The lowest BCUT2D eigenvalue weighted by atomic mass is 10.2. The average Bonchev–Trinajstić information content (AvgIpc) is 2.92. The second kappa shape index (κ2) is 5.72. The first-order valence-corrected chi connectivity index (χ1v) is 6.58. The Morgan fingerprint density at radius 3 is 3.06 bits per heavy atom. The monoisotopic (exact) mass is 249 g/mol. The zero-order valence-electron chi connectivity index (χ0n) is 9.80. The number of hydrogen-bond acceptors (Lipinski definition) is 4. The van der Waals surface area contributed by atoms with Crippen molar-refractivity contribution in [1.29, 1.82) is 0 Å². The van der Waals surface area contributed by atoms with Crippen molar-refractivity contribution >= 4 is 17.1 Å². The van der Waals surface area contributed by atoms with Gasteiger partial charge in [-0.1, -0.05) is 13.0 Å². The molecular weight excluding hydrogens is 234 g/mol. The highest BCUT2D eigenvalue weighted by molar-refractivity contribution is 7.10. The van der Waals surface area contributed by atoms with Gasteiger partial charge < -0.3 is 0 Å². The number of ketones is 1. The Balaban J connectivity index is 1.95. The molecule has 2 heterocycles. The van der Waals surface area contributed by atoms with Gasteiger partial charge in [0.05, 0.1) is 6.42 Å². The summed E-state index contributed by atoms with van der Waals surface area (Å²) >= 11 is 1.61. The second-order valence-electron chi connectivity index (χ2n) is 3.87. The maximum Gasteiger partial charge on any atom is 0.145 e. The highest BCUT2D eigenvalue weighted by Gasteiger charge is 2.10. The zero-order chi connectivity index (χ0) is 12.1. The van der Waals surface area contributed by atoms with Crippen molar-refractivity contribution in [3.63, 3.8) is 0 Å². The molecule has 0 aliphatic carbocycles. The third-order valence-corrected chi connectivity index (χ3v) is 3.31. The fourth-order valence-electron chi connectivity index (χ4n) is 1.67. The van der Waals surface area contributed by atoms with Crippen LogP contribution in [-0.2, 0) is 24.2 Å². The van der Waals surface area contributed by atoms with Gasteiger partial charge >= 0.3 is 0 Å². The van der Waals surface area contributed by atoms with Crippen LogP contribution in [0.3, 0.4) is 0 Å². The molecule has 0 fully saturated rings. The normalized spacial score (nSPS) is 10.6. The van der Waals surface area contributed by atoms with E-state index in [0.29, 0.717) is 12.8 Å². The van der Waals surface area contributed by atoms with Crippen LogP contribution >= 0.6 is 11.3 Å². The van der Waals surface area contributed by atoms with E-state index in [1.165, 1.54) is 6.33 Å². The molecule has 2 rings (SSSR count). The molecule has 90 valence electrons. The Labute approximate surface area is 104 Å². The van der Waals surface area contributed by atoms with Crippen molar-refractivity contribution in [1.82, 2.24) is 14.8 Å². The van der Waals surface area contributed by atoms with Crippen LogP contribution in [0.4, 0.5) is 0 Å². The van der Waals surface area contributed by atoms with Crippen LogP contribution in [0.2, 0.25) is 0 Å². The standard InChI is InChI=1S/C12H15N3OS/c1-2-5-15-12(13-9-14-15)8-10(16)7-11-4-3-6-17-11/h3-4,6,9H,2,5,7-8H2,1H3. The van der Waals surface area contributed by atoms with E-state index in [2.05, 4.69) is 17.0 Å². The van der Waals surface area contributed by atoms with E-state index in [1.54, 1.807) is 11.3 Å². The molecule has 4 nitrogen and oxygen atoms in total. The SMILES string of the molecule is CCCn1ncnc1CC(=O)Cc1cccs1. The van der Waals surface area contributed by atoms with Crippen LogP contribution in [0.1, 0.15) is 24.0 Å². The van der Waals surface area contributed by atoms with Crippen molar-refractivity contribution in [2.24, 2.45) is 0 Å². The fraction of sp³-hybridized carbons (Fsp3) is 0.417. The number of aromatic nitrogens is 3. The number of carbonyl (C=O) groups excluding carboxylic acids is 1. The van der Waals surface area contributed by atoms with Crippen LogP contribution in [0, 0.1) is 0 Å². The van der Waals surface area contributed by atoms with Crippen LogP contribution in [0.5, 0.6) is 0 Å². The van der Waals surface area contributed by atoms with Gasteiger partial charge in [-0.3, -0.25) is 4.79 Å². The average molecular weight is 249 g/mol. The Hall–Kier alpha value is -1.49. The molecule has 0 bridgehead atoms.